The van der Waals surface area contributed by atoms with Gasteiger partial charge in [0.25, 0.3) is 0 Å². The van der Waals surface area contributed by atoms with E-state index in [1.807, 2.05) is 0 Å². The average molecular weight is 148 g/mol. The highest BCUT2D eigenvalue weighted by Gasteiger charge is 2.86. The van der Waals surface area contributed by atoms with Crippen LogP contribution >= 0.6 is 0 Å². The highest BCUT2D eigenvalue weighted by molar-refractivity contribution is 5.33. The van der Waals surface area contributed by atoms with Gasteiger partial charge >= 0.3 is 0 Å². The minimum atomic E-state index is 0.156. The van der Waals surface area contributed by atoms with Gasteiger partial charge in [0.2, 0.25) is 0 Å². The Labute approximate surface area is 65.8 Å². The molecule has 4 bridgehead atoms. The highest BCUT2D eigenvalue weighted by atomic mass is 16.3. The molecule has 11 heavy (non-hydrogen) atoms. The first-order valence-electron chi connectivity index (χ1n) is 5.07. The van der Waals surface area contributed by atoms with Crippen molar-refractivity contribution in [3.8, 4) is 0 Å². The maximum absolute atomic E-state index is 9.92. The Morgan fingerprint density at radius 3 is 2.00 bits per heavy atom. The molecular weight excluding hydrogens is 136 g/mol. The molecule has 1 N–H and O–H groups in total. The van der Waals surface area contributed by atoms with Crippen molar-refractivity contribution >= 4 is 0 Å². The molecule has 0 aromatic carbocycles. The lowest BCUT2D eigenvalue weighted by Crippen LogP contribution is -2.60. The summed E-state index contributed by atoms with van der Waals surface area (Å²) in [5.74, 6) is 7.91. The van der Waals surface area contributed by atoms with Crippen LogP contribution in [0.5, 0.6) is 0 Å². The van der Waals surface area contributed by atoms with E-state index in [1.165, 1.54) is 6.42 Å². The normalized spacial score (nSPS) is 90.8. The lowest BCUT2D eigenvalue weighted by molar-refractivity contribution is -0.172. The Balaban J connectivity index is 1.88. The average Bonchev–Trinajstić information content (AvgIpc) is 2.40. The fourth-order valence-corrected chi connectivity index (χ4v) is 6.15. The minimum Gasteiger partial charge on any atom is -0.393 e. The van der Waals surface area contributed by atoms with Crippen molar-refractivity contribution in [2.24, 2.45) is 47.3 Å². The summed E-state index contributed by atoms with van der Waals surface area (Å²) < 4.78 is 0. The van der Waals surface area contributed by atoms with E-state index in [0.29, 0.717) is 0 Å². The molecule has 0 unspecified atom stereocenters. The summed E-state index contributed by atoms with van der Waals surface area (Å²) in [7, 11) is 0. The number of rotatable bonds is 0. The fourth-order valence-electron chi connectivity index (χ4n) is 6.15. The highest BCUT2D eigenvalue weighted by Crippen LogP contribution is 2.88. The van der Waals surface area contributed by atoms with Crippen molar-refractivity contribution in [2.45, 2.75) is 12.5 Å². The molecule has 0 spiro atoms. The van der Waals surface area contributed by atoms with Crippen LogP contribution < -0.4 is 0 Å². The predicted molar refractivity (Wildman–Crippen MR) is 38.5 cm³/mol. The molecule has 0 amide bonds. The van der Waals surface area contributed by atoms with Crippen LogP contribution in [0.3, 0.4) is 0 Å². The summed E-state index contributed by atoms with van der Waals surface area (Å²) in [5, 5.41) is 9.92. The van der Waals surface area contributed by atoms with E-state index >= 15 is 0 Å². The van der Waals surface area contributed by atoms with Crippen molar-refractivity contribution < 1.29 is 5.11 Å². The predicted octanol–water partition coefficient (Wildman–Crippen LogP) is 0.735. The van der Waals surface area contributed by atoms with Crippen LogP contribution in [0.1, 0.15) is 6.42 Å². The minimum absolute atomic E-state index is 0.156. The lowest BCUT2D eigenvalue weighted by Gasteiger charge is -2.63. The molecule has 0 aromatic rings. The first kappa shape index (κ1) is 4.86. The Hall–Kier alpha value is -0.0400. The van der Waals surface area contributed by atoms with E-state index in [1.54, 1.807) is 0 Å². The van der Waals surface area contributed by atoms with Crippen molar-refractivity contribution in [3.05, 3.63) is 0 Å². The number of hydrogen-bond acceptors (Lipinski definition) is 1. The topological polar surface area (TPSA) is 20.2 Å². The number of hydrogen-bond donors (Lipinski definition) is 1. The zero-order valence-corrected chi connectivity index (χ0v) is 6.35. The standard InChI is InChI=1S/C10H12O/c11-10-7-3-1-2-4-5(3)9(10)8(4)6(2)7/h2-11H,1H2/t2-,3-,4+,5+,6-,7+,8+,9+,10-/m0/s1. The van der Waals surface area contributed by atoms with Crippen LogP contribution in [0.4, 0.5) is 0 Å². The van der Waals surface area contributed by atoms with Crippen molar-refractivity contribution in [1.82, 2.24) is 0 Å². The Bertz CT molecular complexity index is 264. The number of aliphatic hydroxyl groups excluding tert-OH is 1. The first-order valence-corrected chi connectivity index (χ1v) is 5.07. The summed E-state index contributed by atoms with van der Waals surface area (Å²) >= 11 is 0. The maximum Gasteiger partial charge on any atom is 0.0607 e. The van der Waals surface area contributed by atoms with Gasteiger partial charge in [0, 0.05) is 0 Å². The molecule has 1 heteroatoms. The monoisotopic (exact) mass is 148 g/mol. The van der Waals surface area contributed by atoms with E-state index in [0.717, 1.165) is 47.3 Å². The lowest BCUT2D eigenvalue weighted by atomic mass is 9.41. The van der Waals surface area contributed by atoms with Gasteiger partial charge in [0.1, 0.15) is 0 Å². The fraction of sp³-hybridized carbons (Fsp3) is 1.00. The van der Waals surface area contributed by atoms with Gasteiger partial charge in [-0.3, -0.25) is 0 Å². The Morgan fingerprint density at radius 1 is 0.727 bits per heavy atom. The molecule has 0 aromatic heterocycles. The van der Waals surface area contributed by atoms with E-state index in [4.69, 9.17) is 0 Å². The van der Waals surface area contributed by atoms with Gasteiger partial charge in [-0.2, -0.15) is 0 Å². The third kappa shape index (κ3) is 0.234. The quantitative estimate of drug-likeness (QED) is 0.537. The first-order chi connectivity index (χ1) is 5.39. The van der Waals surface area contributed by atoms with Gasteiger partial charge in [-0.05, 0) is 53.8 Å². The molecule has 6 saturated carbocycles. The van der Waals surface area contributed by atoms with Crippen LogP contribution in [0.15, 0.2) is 0 Å². The van der Waals surface area contributed by atoms with E-state index in [-0.39, 0.29) is 6.10 Å². The van der Waals surface area contributed by atoms with Crippen LogP contribution in [-0.2, 0) is 0 Å². The van der Waals surface area contributed by atoms with Crippen molar-refractivity contribution in [3.63, 3.8) is 0 Å². The van der Waals surface area contributed by atoms with Crippen LogP contribution in [0.2, 0.25) is 0 Å². The molecule has 6 aliphatic carbocycles. The smallest absolute Gasteiger partial charge is 0.0607 e. The van der Waals surface area contributed by atoms with Gasteiger partial charge in [-0.15, -0.1) is 0 Å². The molecule has 1 nitrogen and oxygen atoms in total. The molecule has 6 fully saturated rings. The van der Waals surface area contributed by atoms with Gasteiger partial charge < -0.3 is 5.11 Å². The molecule has 0 radical (unpaired) electrons. The van der Waals surface area contributed by atoms with E-state index < -0.39 is 0 Å². The van der Waals surface area contributed by atoms with Crippen molar-refractivity contribution in [2.75, 3.05) is 0 Å². The van der Waals surface area contributed by atoms with Gasteiger partial charge in [-0.1, -0.05) is 0 Å². The molecule has 58 valence electrons. The maximum atomic E-state index is 9.92. The summed E-state index contributed by atoms with van der Waals surface area (Å²) in [6.45, 7) is 0. The number of aliphatic hydroxyl groups is 1. The molecule has 0 heterocycles. The summed E-state index contributed by atoms with van der Waals surface area (Å²) in [6.07, 6.45) is 1.66. The molecule has 6 aliphatic rings. The van der Waals surface area contributed by atoms with Gasteiger partial charge in [0.15, 0.2) is 0 Å². The van der Waals surface area contributed by atoms with Crippen LogP contribution in [0.25, 0.3) is 0 Å². The van der Waals surface area contributed by atoms with Crippen LogP contribution in [0, 0.1) is 47.3 Å². The van der Waals surface area contributed by atoms with Gasteiger partial charge in [-0.25, -0.2) is 0 Å². The second kappa shape index (κ2) is 1.02. The summed E-state index contributed by atoms with van der Waals surface area (Å²) in [4.78, 5) is 0. The largest absolute Gasteiger partial charge is 0.393 e. The molecule has 0 aliphatic heterocycles. The Morgan fingerprint density at radius 2 is 1.36 bits per heavy atom. The second-order valence-corrected chi connectivity index (χ2v) is 5.52. The second-order valence-electron chi connectivity index (χ2n) is 5.52. The van der Waals surface area contributed by atoms with Crippen LogP contribution in [-0.4, -0.2) is 11.2 Å². The molecular formula is C10H12O. The molecule has 0 saturated heterocycles. The summed E-state index contributed by atoms with van der Waals surface area (Å²) in [6, 6.07) is 0. The third-order valence-corrected chi connectivity index (χ3v) is 5.98. The van der Waals surface area contributed by atoms with Crippen molar-refractivity contribution in [1.29, 1.82) is 0 Å². The van der Waals surface area contributed by atoms with E-state index in [9.17, 15) is 5.11 Å². The molecule has 9 atom stereocenters. The van der Waals surface area contributed by atoms with Gasteiger partial charge in [0.05, 0.1) is 6.10 Å². The zero-order chi connectivity index (χ0) is 6.90. The Kier molecular flexibility index (Phi) is 0.452. The third-order valence-electron chi connectivity index (χ3n) is 5.98. The zero-order valence-electron chi connectivity index (χ0n) is 6.35. The van der Waals surface area contributed by atoms with E-state index in [2.05, 4.69) is 0 Å². The summed E-state index contributed by atoms with van der Waals surface area (Å²) in [5.41, 5.74) is 0. The SMILES string of the molecule is O[C@@H]1[C@@H]2[C@@H]3[C@@H]4C[C@H]5[C@H]3[C@@H]2[C@@H]5[C@H]14. The molecule has 6 rings (SSSR count).